The van der Waals surface area contributed by atoms with Crippen LogP contribution in [0.2, 0.25) is 0 Å². The van der Waals surface area contributed by atoms with Crippen LogP contribution in [0.25, 0.3) is 0 Å². The molecule has 0 aliphatic heterocycles. The van der Waals surface area contributed by atoms with Crippen LogP contribution in [0.1, 0.15) is 11.4 Å². The number of carbonyl (C=O) groups excluding carboxylic acids is 2. The van der Waals surface area contributed by atoms with Gasteiger partial charge < -0.3 is 20.1 Å². The van der Waals surface area contributed by atoms with E-state index in [1.165, 1.54) is 14.2 Å². The molecule has 24 heavy (non-hydrogen) atoms. The number of amides is 2. The Morgan fingerprint density at radius 1 is 1.08 bits per heavy atom. The standard InChI is InChI=1S/C17H19N3O4/c1-11-5-4-6-12(19-11)10-18-16(21)17(22)20-14-8-7-13(23-2)9-15(14)24-3/h4-9H,10H2,1-3H3,(H,18,21)(H,20,22). The third kappa shape index (κ3) is 4.45. The van der Waals surface area contributed by atoms with Crippen molar-refractivity contribution in [3.63, 3.8) is 0 Å². The number of pyridine rings is 1. The summed E-state index contributed by atoms with van der Waals surface area (Å²) in [4.78, 5) is 28.2. The van der Waals surface area contributed by atoms with Crippen LogP contribution in [0.4, 0.5) is 5.69 Å². The van der Waals surface area contributed by atoms with Crippen molar-refractivity contribution in [1.82, 2.24) is 10.3 Å². The number of hydrogen-bond donors (Lipinski definition) is 2. The Hall–Kier alpha value is -3.09. The van der Waals surface area contributed by atoms with Crippen molar-refractivity contribution >= 4 is 17.5 Å². The summed E-state index contributed by atoms with van der Waals surface area (Å²) in [6.45, 7) is 2.03. The summed E-state index contributed by atoms with van der Waals surface area (Å²) >= 11 is 0. The molecule has 0 fully saturated rings. The highest BCUT2D eigenvalue weighted by molar-refractivity contribution is 6.39. The number of rotatable bonds is 5. The molecule has 1 heterocycles. The Kier molecular flexibility index (Phi) is 5.73. The molecule has 0 saturated carbocycles. The van der Waals surface area contributed by atoms with Crippen LogP contribution >= 0.6 is 0 Å². The molecule has 2 N–H and O–H groups in total. The summed E-state index contributed by atoms with van der Waals surface area (Å²) in [7, 11) is 2.99. The summed E-state index contributed by atoms with van der Waals surface area (Å²) in [5, 5.41) is 5.04. The monoisotopic (exact) mass is 329 g/mol. The maximum absolute atomic E-state index is 12.0. The van der Waals surface area contributed by atoms with E-state index in [9.17, 15) is 9.59 Å². The van der Waals surface area contributed by atoms with E-state index in [-0.39, 0.29) is 6.54 Å². The van der Waals surface area contributed by atoms with Gasteiger partial charge in [0.15, 0.2) is 0 Å². The van der Waals surface area contributed by atoms with Gasteiger partial charge in [-0.2, -0.15) is 0 Å². The van der Waals surface area contributed by atoms with Crippen LogP contribution in [0.15, 0.2) is 36.4 Å². The Morgan fingerprint density at radius 3 is 2.54 bits per heavy atom. The molecule has 126 valence electrons. The second-order valence-corrected chi connectivity index (χ2v) is 4.97. The van der Waals surface area contributed by atoms with Gasteiger partial charge in [-0.25, -0.2) is 0 Å². The van der Waals surface area contributed by atoms with Crippen LogP contribution in [-0.2, 0) is 16.1 Å². The summed E-state index contributed by atoms with van der Waals surface area (Å²) < 4.78 is 10.3. The van der Waals surface area contributed by atoms with Crippen LogP contribution in [0.5, 0.6) is 11.5 Å². The largest absolute Gasteiger partial charge is 0.497 e. The van der Waals surface area contributed by atoms with E-state index in [0.717, 1.165) is 5.69 Å². The summed E-state index contributed by atoms with van der Waals surface area (Å²) in [6, 6.07) is 10.3. The Morgan fingerprint density at radius 2 is 1.88 bits per heavy atom. The second-order valence-electron chi connectivity index (χ2n) is 4.97. The first-order valence-corrected chi connectivity index (χ1v) is 7.27. The molecular formula is C17H19N3O4. The van der Waals surface area contributed by atoms with Crippen molar-refractivity contribution < 1.29 is 19.1 Å². The number of nitrogens with one attached hydrogen (secondary N) is 2. The zero-order valence-corrected chi connectivity index (χ0v) is 13.8. The van der Waals surface area contributed by atoms with Crippen LogP contribution in [0.3, 0.4) is 0 Å². The maximum atomic E-state index is 12.0. The topological polar surface area (TPSA) is 89.5 Å². The second kappa shape index (κ2) is 7.96. The predicted octanol–water partition coefficient (Wildman–Crippen LogP) is 1.66. The molecule has 7 heteroatoms. The lowest BCUT2D eigenvalue weighted by Crippen LogP contribution is -2.35. The molecule has 7 nitrogen and oxygen atoms in total. The maximum Gasteiger partial charge on any atom is 0.313 e. The third-order valence-electron chi connectivity index (χ3n) is 3.24. The molecule has 2 amide bonds. The van der Waals surface area contributed by atoms with Gasteiger partial charge in [-0.3, -0.25) is 14.6 Å². The van der Waals surface area contributed by atoms with Crippen molar-refractivity contribution in [1.29, 1.82) is 0 Å². The van der Waals surface area contributed by atoms with E-state index in [1.54, 1.807) is 24.3 Å². The molecule has 2 rings (SSSR count). The average Bonchev–Trinajstić information content (AvgIpc) is 2.60. The molecule has 2 aromatic rings. The first kappa shape index (κ1) is 17.3. The summed E-state index contributed by atoms with van der Waals surface area (Å²) in [5.74, 6) is -0.557. The summed E-state index contributed by atoms with van der Waals surface area (Å²) in [5.41, 5.74) is 1.90. The van der Waals surface area contributed by atoms with Gasteiger partial charge in [-0.05, 0) is 31.2 Å². The molecule has 0 aliphatic rings. The van der Waals surface area contributed by atoms with Crippen LogP contribution < -0.4 is 20.1 Å². The molecular weight excluding hydrogens is 310 g/mol. The number of anilines is 1. The SMILES string of the molecule is COc1ccc(NC(=O)C(=O)NCc2cccc(C)n2)c(OC)c1. The van der Waals surface area contributed by atoms with Crippen molar-refractivity contribution in [2.75, 3.05) is 19.5 Å². The minimum Gasteiger partial charge on any atom is -0.497 e. The molecule has 0 aliphatic carbocycles. The lowest BCUT2D eigenvalue weighted by molar-refractivity contribution is -0.136. The van der Waals surface area contributed by atoms with E-state index in [0.29, 0.717) is 22.9 Å². The number of ether oxygens (including phenoxy) is 2. The fourth-order valence-corrected chi connectivity index (χ4v) is 2.03. The Balaban J connectivity index is 1.97. The number of aromatic nitrogens is 1. The van der Waals surface area contributed by atoms with Gasteiger partial charge in [-0.1, -0.05) is 6.07 Å². The number of methoxy groups -OCH3 is 2. The van der Waals surface area contributed by atoms with E-state index in [1.807, 2.05) is 19.1 Å². The van der Waals surface area contributed by atoms with Gasteiger partial charge in [0.1, 0.15) is 11.5 Å². The van der Waals surface area contributed by atoms with E-state index in [4.69, 9.17) is 9.47 Å². The van der Waals surface area contributed by atoms with Gasteiger partial charge in [0.2, 0.25) is 0 Å². The quantitative estimate of drug-likeness (QED) is 0.814. The molecule has 0 atom stereocenters. The average molecular weight is 329 g/mol. The first-order valence-electron chi connectivity index (χ1n) is 7.27. The minimum atomic E-state index is -0.786. The fourth-order valence-electron chi connectivity index (χ4n) is 2.03. The lowest BCUT2D eigenvalue weighted by Gasteiger charge is -2.11. The number of aryl methyl sites for hydroxylation is 1. The molecule has 1 aromatic heterocycles. The molecule has 1 aromatic carbocycles. The van der Waals surface area contributed by atoms with E-state index < -0.39 is 11.8 Å². The molecule has 0 spiro atoms. The van der Waals surface area contributed by atoms with Gasteiger partial charge in [-0.15, -0.1) is 0 Å². The van der Waals surface area contributed by atoms with E-state index in [2.05, 4.69) is 15.6 Å². The zero-order chi connectivity index (χ0) is 17.5. The molecule has 0 radical (unpaired) electrons. The van der Waals surface area contributed by atoms with Crippen LogP contribution in [-0.4, -0.2) is 31.0 Å². The van der Waals surface area contributed by atoms with Crippen LogP contribution in [0, 0.1) is 6.92 Å². The number of nitrogens with zero attached hydrogens (tertiary/aromatic N) is 1. The predicted molar refractivity (Wildman–Crippen MR) is 89.0 cm³/mol. The normalized spacial score (nSPS) is 9.96. The molecule has 0 unspecified atom stereocenters. The minimum absolute atomic E-state index is 0.174. The van der Waals surface area contributed by atoms with E-state index >= 15 is 0 Å². The first-order chi connectivity index (χ1) is 11.5. The smallest absolute Gasteiger partial charge is 0.313 e. The number of benzene rings is 1. The van der Waals surface area contributed by atoms with Crippen molar-refractivity contribution in [2.45, 2.75) is 13.5 Å². The fraction of sp³-hybridized carbons (Fsp3) is 0.235. The Bertz CT molecular complexity index is 746. The number of carbonyl (C=O) groups is 2. The zero-order valence-electron chi connectivity index (χ0n) is 13.8. The van der Waals surface area contributed by atoms with Gasteiger partial charge in [0.05, 0.1) is 32.1 Å². The molecule has 0 saturated heterocycles. The Labute approximate surface area is 140 Å². The lowest BCUT2D eigenvalue weighted by atomic mass is 10.2. The van der Waals surface area contributed by atoms with Crippen molar-refractivity contribution in [2.24, 2.45) is 0 Å². The van der Waals surface area contributed by atoms with Crippen molar-refractivity contribution in [3.8, 4) is 11.5 Å². The summed E-state index contributed by atoms with van der Waals surface area (Å²) in [6.07, 6.45) is 0. The third-order valence-corrected chi connectivity index (χ3v) is 3.24. The van der Waals surface area contributed by atoms with Gasteiger partial charge in [0.25, 0.3) is 0 Å². The van der Waals surface area contributed by atoms with Crippen molar-refractivity contribution in [3.05, 3.63) is 47.8 Å². The highest BCUT2D eigenvalue weighted by Crippen LogP contribution is 2.28. The highest BCUT2D eigenvalue weighted by atomic mass is 16.5. The van der Waals surface area contributed by atoms with Gasteiger partial charge in [0, 0.05) is 11.8 Å². The molecule has 0 bridgehead atoms. The van der Waals surface area contributed by atoms with Gasteiger partial charge >= 0.3 is 11.8 Å². The highest BCUT2D eigenvalue weighted by Gasteiger charge is 2.16. The number of hydrogen-bond acceptors (Lipinski definition) is 5.